The van der Waals surface area contributed by atoms with E-state index in [2.05, 4.69) is 0 Å². The lowest BCUT2D eigenvalue weighted by molar-refractivity contribution is -0.151. The number of hydrogen-bond acceptors (Lipinski definition) is 7. The number of aliphatic hydroxyl groups is 1. The van der Waals surface area contributed by atoms with Crippen LogP contribution in [-0.2, 0) is 39.4 Å². The lowest BCUT2D eigenvalue weighted by Gasteiger charge is -2.37. The molecule has 5 aromatic carbocycles. The number of nitrogens with zero attached hydrogens (tertiary/aromatic N) is 3. The molecule has 5 atom stereocenters. The van der Waals surface area contributed by atoms with Crippen molar-refractivity contribution in [3.63, 3.8) is 0 Å². The molecule has 0 aromatic heterocycles. The van der Waals surface area contributed by atoms with Crippen LogP contribution in [0.2, 0.25) is 18.6 Å². The van der Waals surface area contributed by atoms with Crippen molar-refractivity contribution in [1.29, 1.82) is 0 Å². The highest BCUT2D eigenvalue weighted by molar-refractivity contribution is 6.71. The molecule has 1 fully saturated rings. The summed E-state index contributed by atoms with van der Waals surface area (Å²) in [5.41, 5.74) is 4.17. The molecule has 4 aliphatic rings. The van der Waals surface area contributed by atoms with Gasteiger partial charge < -0.3 is 29.2 Å². The molecule has 0 radical (unpaired) electrons. The fourth-order valence-corrected chi connectivity index (χ4v) is 12.3. The predicted octanol–water partition coefficient (Wildman–Crippen LogP) is 7.45. The number of fused-ring (bicyclic) bond motifs is 5. The zero-order valence-corrected chi connectivity index (χ0v) is 33.2. The molecule has 9 rings (SSSR count). The molecule has 3 amide bonds. The number of hydrogen-bond donors (Lipinski definition) is 2. The van der Waals surface area contributed by atoms with Crippen LogP contribution < -0.4 is 14.5 Å². The van der Waals surface area contributed by atoms with Crippen LogP contribution in [0.25, 0.3) is 0 Å². The van der Waals surface area contributed by atoms with Gasteiger partial charge in [-0.3, -0.25) is 19.3 Å². The third-order valence-corrected chi connectivity index (χ3v) is 14.8. The maximum Gasteiger partial charge on any atom is 0.266 e. The number of amides is 3. The molecule has 0 unspecified atom stereocenters. The third kappa shape index (κ3) is 6.08. The van der Waals surface area contributed by atoms with E-state index in [0.29, 0.717) is 52.7 Å². The highest BCUT2D eigenvalue weighted by atomic mass is 28.4. The van der Waals surface area contributed by atoms with Crippen LogP contribution in [0.5, 0.6) is 11.5 Å². The summed E-state index contributed by atoms with van der Waals surface area (Å²) in [6.07, 6.45) is -0.201. The third-order valence-electron chi connectivity index (χ3n) is 12.3. The van der Waals surface area contributed by atoms with E-state index in [0.717, 1.165) is 16.7 Å². The zero-order valence-electron chi connectivity index (χ0n) is 32.2. The van der Waals surface area contributed by atoms with E-state index in [-0.39, 0.29) is 43.3 Å². The largest absolute Gasteiger partial charge is 0.454 e. The highest BCUT2D eigenvalue weighted by Crippen LogP contribution is 2.60. The average Bonchev–Trinajstić information content (AvgIpc) is 3.58. The molecule has 10 nitrogen and oxygen atoms in total. The van der Waals surface area contributed by atoms with Gasteiger partial charge in [-0.2, -0.15) is 0 Å². The Morgan fingerprint density at radius 3 is 2.30 bits per heavy atom. The van der Waals surface area contributed by atoms with Crippen molar-refractivity contribution < 1.29 is 33.8 Å². The maximum atomic E-state index is 15.2. The smallest absolute Gasteiger partial charge is 0.266 e. The van der Waals surface area contributed by atoms with E-state index >= 15 is 4.79 Å². The van der Waals surface area contributed by atoms with Gasteiger partial charge in [-0.15, -0.1) is 0 Å². The molecule has 1 spiro atoms. The van der Waals surface area contributed by atoms with Gasteiger partial charge in [-0.1, -0.05) is 85.8 Å². The van der Waals surface area contributed by atoms with Crippen LogP contribution >= 0.6 is 0 Å². The fraction of sp³-hybridized carbons (Fsp3) is 0.283. The lowest BCUT2D eigenvalue weighted by atomic mass is 9.82. The molecule has 0 saturated carbocycles. The summed E-state index contributed by atoms with van der Waals surface area (Å²) < 4.78 is 13.2. The van der Waals surface area contributed by atoms with Crippen LogP contribution in [-0.4, -0.2) is 59.6 Å². The van der Waals surface area contributed by atoms with Crippen LogP contribution in [0.15, 0.2) is 121 Å². The molecule has 0 bridgehead atoms. The summed E-state index contributed by atoms with van der Waals surface area (Å²) in [5, 5.41) is 10.3. The molecule has 4 aliphatic heterocycles. The molecule has 2 N–H and O–H groups in total. The van der Waals surface area contributed by atoms with Crippen molar-refractivity contribution in [1.82, 2.24) is 4.90 Å². The number of rotatable bonds is 7. The maximum absolute atomic E-state index is 15.2. The number of benzene rings is 5. The van der Waals surface area contributed by atoms with Crippen molar-refractivity contribution in [3.05, 3.63) is 149 Å². The summed E-state index contributed by atoms with van der Waals surface area (Å²) in [5.74, 6) is -0.0812. The summed E-state index contributed by atoms with van der Waals surface area (Å²) in [6.45, 7) is 6.06. The van der Waals surface area contributed by atoms with Gasteiger partial charge in [0.05, 0.1) is 48.7 Å². The number of carbonyl (C=O) groups is 3. The monoisotopic (exact) mass is 779 g/mol. The molecule has 1 saturated heterocycles. The SMILES string of the molecule is C[C@@H]1[C@@H]([Si](C)(C)O)[C@H](CC(=O)N2Cc3ccccc3C[C@H]2CO)O[C@@]12C(=O)N(Cc1cccc(N3C(=O)c4ccccc4Oc4ccccc43)c1)c1ccccc12. The van der Waals surface area contributed by atoms with Crippen molar-refractivity contribution >= 4 is 43.1 Å². The Balaban J connectivity index is 1.04. The van der Waals surface area contributed by atoms with E-state index < -0.39 is 31.5 Å². The Morgan fingerprint density at radius 1 is 0.842 bits per heavy atom. The summed E-state index contributed by atoms with van der Waals surface area (Å²) in [7, 11) is -3.05. The second-order valence-corrected chi connectivity index (χ2v) is 20.2. The Bertz CT molecular complexity index is 2410. The summed E-state index contributed by atoms with van der Waals surface area (Å²) >= 11 is 0. The van der Waals surface area contributed by atoms with Crippen molar-refractivity contribution in [2.75, 3.05) is 16.4 Å². The van der Waals surface area contributed by atoms with E-state index in [1.54, 1.807) is 26.8 Å². The topological polar surface area (TPSA) is 120 Å². The first kappa shape index (κ1) is 37.0. The molecule has 290 valence electrons. The van der Waals surface area contributed by atoms with Crippen molar-refractivity contribution in [2.24, 2.45) is 5.92 Å². The summed E-state index contributed by atoms with van der Waals surface area (Å²) in [4.78, 5) is 60.5. The van der Waals surface area contributed by atoms with Gasteiger partial charge in [-0.25, -0.2) is 0 Å². The van der Waals surface area contributed by atoms with Crippen LogP contribution in [0, 0.1) is 5.92 Å². The molecule has 5 aromatic rings. The number of anilines is 3. The van der Waals surface area contributed by atoms with Gasteiger partial charge in [0.15, 0.2) is 19.7 Å². The van der Waals surface area contributed by atoms with Crippen LogP contribution in [0.1, 0.15) is 46.0 Å². The zero-order chi connectivity index (χ0) is 39.6. The number of ether oxygens (including phenoxy) is 2. The van der Waals surface area contributed by atoms with Crippen molar-refractivity contribution in [3.8, 4) is 11.5 Å². The quantitative estimate of drug-likeness (QED) is 0.165. The van der Waals surface area contributed by atoms with E-state index in [9.17, 15) is 19.5 Å². The van der Waals surface area contributed by atoms with Gasteiger partial charge in [-0.05, 0) is 78.7 Å². The minimum atomic E-state index is -3.05. The number of carbonyl (C=O) groups excluding carboxylic acids is 3. The molecular formula is C46H45N3O7Si. The molecule has 0 aliphatic carbocycles. The van der Waals surface area contributed by atoms with Gasteiger partial charge in [0, 0.05) is 29.3 Å². The minimum Gasteiger partial charge on any atom is -0.454 e. The second-order valence-electron chi connectivity index (χ2n) is 16.2. The Hall–Kier alpha value is -5.59. The fourth-order valence-electron chi connectivity index (χ4n) is 9.76. The molecular weight excluding hydrogens is 735 g/mol. The van der Waals surface area contributed by atoms with E-state index in [1.807, 2.05) is 129 Å². The lowest BCUT2D eigenvalue weighted by Crippen LogP contribution is -2.48. The molecule has 4 heterocycles. The van der Waals surface area contributed by atoms with Crippen LogP contribution in [0.4, 0.5) is 17.1 Å². The van der Waals surface area contributed by atoms with Gasteiger partial charge >= 0.3 is 0 Å². The van der Waals surface area contributed by atoms with Crippen molar-refractivity contribution in [2.45, 2.75) is 69.2 Å². The first-order valence-corrected chi connectivity index (χ1v) is 22.6. The molecule has 11 heteroatoms. The number of aliphatic hydroxyl groups excluding tert-OH is 1. The first-order valence-electron chi connectivity index (χ1n) is 19.6. The molecule has 57 heavy (non-hydrogen) atoms. The van der Waals surface area contributed by atoms with Crippen LogP contribution in [0.3, 0.4) is 0 Å². The first-order chi connectivity index (χ1) is 27.5. The highest BCUT2D eigenvalue weighted by Gasteiger charge is 2.66. The van der Waals surface area contributed by atoms with E-state index in [4.69, 9.17) is 9.47 Å². The van der Waals surface area contributed by atoms with E-state index in [1.165, 1.54) is 0 Å². The Morgan fingerprint density at radius 2 is 1.53 bits per heavy atom. The normalized spacial score (nSPS) is 23.8. The van der Waals surface area contributed by atoms with Gasteiger partial charge in [0.2, 0.25) is 5.91 Å². The second kappa shape index (κ2) is 14.1. The van der Waals surface area contributed by atoms with Gasteiger partial charge in [0.25, 0.3) is 11.8 Å². The summed E-state index contributed by atoms with van der Waals surface area (Å²) in [6, 6.07) is 37.4. The standard InChI is InChI=1S/C46H45N3O7Si/c1-29-43(57(2,3)54)41(25-42(51)47-27-32-15-5-4-14-31(32)24-34(47)28-50)56-46(29)36-18-7-8-19-37(36)48(45(46)53)26-30-13-12-16-33(23-30)49-38-20-9-11-22-40(38)55-39-21-10-6-17-35(39)44(49)52/h4-23,29,34,41,43,50,54H,24-28H2,1-3H3/t29-,34+,41+,43-,46+/m1/s1. The Kier molecular flexibility index (Phi) is 9.16. The Labute approximate surface area is 333 Å². The average molecular weight is 780 g/mol. The minimum absolute atomic E-state index is 0.0257. The predicted molar refractivity (Wildman–Crippen MR) is 219 cm³/mol. The number of para-hydroxylation sites is 4. The van der Waals surface area contributed by atoms with Gasteiger partial charge in [0.1, 0.15) is 5.75 Å².